The number of fused-ring (bicyclic) bond motifs is 1. The molecule has 0 radical (unpaired) electrons. The molecule has 0 unspecified atom stereocenters. The van der Waals surface area contributed by atoms with Crippen LogP contribution in [0, 0.1) is 12.7 Å². The van der Waals surface area contributed by atoms with Crippen LogP contribution in [-0.4, -0.2) is 5.78 Å². The lowest BCUT2D eigenvalue weighted by atomic mass is 10.0. The predicted octanol–water partition coefficient (Wildman–Crippen LogP) is 4.11. The van der Waals surface area contributed by atoms with Crippen LogP contribution in [0.25, 0.3) is 11.0 Å². The minimum Gasteiger partial charge on any atom is -0.452 e. The molecule has 3 heteroatoms. The van der Waals surface area contributed by atoms with Crippen molar-refractivity contribution in [3.63, 3.8) is 0 Å². The second-order valence-corrected chi connectivity index (χ2v) is 4.39. The van der Waals surface area contributed by atoms with Crippen molar-refractivity contribution in [3.05, 3.63) is 71.2 Å². The Balaban J connectivity index is 2.11. The van der Waals surface area contributed by atoms with E-state index in [4.69, 9.17) is 4.42 Å². The van der Waals surface area contributed by atoms with Gasteiger partial charge in [-0.25, -0.2) is 4.39 Å². The lowest BCUT2D eigenvalue weighted by Gasteiger charge is -1.98. The van der Waals surface area contributed by atoms with E-state index in [-0.39, 0.29) is 11.6 Å². The van der Waals surface area contributed by atoms with Crippen LogP contribution in [0.5, 0.6) is 0 Å². The molecule has 1 aromatic heterocycles. The van der Waals surface area contributed by atoms with Crippen LogP contribution in [0.2, 0.25) is 0 Å². The highest BCUT2D eigenvalue weighted by Gasteiger charge is 2.18. The van der Waals surface area contributed by atoms with Gasteiger partial charge < -0.3 is 4.42 Å². The Bertz CT molecular complexity index is 754. The SMILES string of the molecule is Cc1c(C(=O)c2ccc(F)cc2)oc2ccccc12. The molecule has 94 valence electrons. The molecule has 3 rings (SSSR count). The van der Waals surface area contributed by atoms with Gasteiger partial charge in [0.25, 0.3) is 0 Å². The van der Waals surface area contributed by atoms with Gasteiger partial charge >= 0.3 is 0 Å². The van der Waals surface area contributed by atoms with Crippen LogP contribution in [-0.2, 0) is 0 Å². The van der Waals surface area contributed by atoms with Crippen molar-refractivity contribution < 1.29 is 13.6 Å². The van der Waals surface area contributed by atoms with Gasteiger partial charge in [0.15, 0.2) is 5.76 Å². The minimum atomic E-state index is -0.363. The number of hydrogen-bond acceptors (Lipinski definition) is 2. The minimum absolute atomic E-state index is 0.228. The fourth-order valence-electron chi connectivity index (χ4n) is 2.12. The molecule has 0 aliphatic carbocycles. The number of para-hydroxylation sites is 1. The summed E-state index contributed by atoms with van der Waals surface area (Å²) in [6, 6.07) is 13.0. The van der Waals surface area contributed by atoms with Gasteiger partial charge in [-0.05, 0) is 37.3 Å². The average molecular weight is 254 g/mol. The Morgan fingerprint density at radius 1 is 1.05 bits per heavy atom. The van der Waals surface area contributed by atoms with Gasteiger partial charge in [0.05, 0.1) is 0 Å². The molecule has 0 saturated carbocycles. The van der Waals surface area contributed by atoms with E-state index in [1.54, 1.807) is 0 Å². The molecule has 0 bridgehead atoms. The highest BCUT2D eigenvalue weighted by atomic mass is 19.1. The zero-order valence-corrected chi connectivity index (χ0v) is 10.3. The quantitative estimate of drug-likeness (QED) is 0.644. The highest BCUT2D eigenvalue weighted by molar-refractivity contribution is 6.10. The first-order chi connectivity index (χ1) is 9.16. The van der Waals surface area contributed by atoms with Crippen LogP contribution >= 0.6 is 0 Å². The summed E-state index contributed by atoms with van der Waals surface area (Å²) in [6.07, 6.45) is 0. The van der Waals surface area contributed by atoms with Crippen LogP contribution in [0.3, 0.4) is 0 Å². The van der Waals surface area contributed by atoms with E-state index in [0.717, 1.165) is 10.9 Å². The highest BCUT2D eigenvalue weighted by Crippen LogP contribution is 2.26. The summed E-state index contributed by atoms with van der Waals surface area (Å²) in [5.74, 6) is -0.278. The number of furan rings is 1. The Kier molecular flexibility index (Phi) is 2.67. The van der Waals surface area contributed by atoms with Gasteiger partial charge in [-0.2, -0.15) is 0 Å². The van der Waals surface area contributed by atoms with Crippen molar-refractivity contribution in [1.29, 1.82) is 0 Å². The number of ketones is 1. The summed E-state index contributed by atoms with van der Waals surface area (Å²) < 4.78 is 18.5. The number of carbonyl (C=O) groups excluding carboxylic acids is 1. The molecule has 0 spiro atoms. The molecule has 0 saturated heterocycles. The van der Waals surface area contributed by atoms with Crippen LogP contribution < -0.4 is 0 Å². The van der Waals surface area contributed by atoms with E-state index in [0.29, 0.717) is 16.9 Å². The van der Waals surface area contributed by atoms with Gasteiger partial charge in [-0.3, -0.25) is 4.79 Å². The van der Waals surface area contributed by atoms with Crippen LogP contribution in [0.1, 0.15) is 21.7 Å². The molecule has 1 heterocycles. The summed E-state index contributed by atoms with van der Waals surface area (Å²) in [6.45, 7) is 1.85. The molecule has 3 aromatic rings. The van der Waals surface area contributed by atoms with E-state index in [1.165, 1.54) is 24.3 Å². The molecule has 0 aliphatic heterocycles. The second kappa shape index (κ2) is 4.35. The number of rotatable bonds is 2. The molecule has 19 heavy (non-hydrogen) atoms. The van der Waals surface area contributed by atoms with Gasteiger partial charge in [0.1, 0.15) is 11.4 Å². The summed E-state index contributed by atoms with van der Waals surface area (Å²) in [5, 5.41) is 0.924. The molecule has 0 aliphatic rings. The standard InChI is InChI=1S/C16H11FO2/c1-10-13-4-2-3-5-14(13)19-16(10)15(18)11-6-8-12(17)9-7-11/h2-9H,1H3. The molecule has 0 amide bonds. The lowest BCUT2D eigenvalue weighted by molar-refractivity contribution is 0.101. The first kappa shape index (κ1) is 11.7. The zero-order chi connectivity index (χ0) is 13.4. The zero-order valence-electron chi connectivity index (χ0n) is 10.3. The van der Waals surface area contributed by atoms with Gasteiger partial charge in [0, 0.05) is 16.5 Å². The summed E-state index contributed by atoms with van der Waals surface area (Å²) in [5.41, 5.74) is 1.92. The van der Waals surface area contributed by atoms with Crippen molar-refractivity contribution in [1.82, 2.24) is 0 Å². The fraction of sp³-hybridized carbons (Fsp3) is 0.0625. The van der Waals surface area contributed by atoms with Gasteiger partial charge in [-0.1, -0.05) is 18.2 Å². The van der Waals surface area contributed by atoms with Crippen molar-refractivity contribution in [3.8, 4) is 0 Å². The van der Waals surface area contributed by atoms with Crippen LogP contribution in [0.4, 0.5) is 4.39 Å². The Labute approximate surface area is 109 Å². The Morgan fingerprint density at radius 3 is 2.42 bits per heavy atom. The van der Waals surface area contributed by atoms with Crippen LogP contribution in [0.15, 0.2) is 52.9 Å². The molecular weight excluding hydrogens is 243 g/mol. The maximum absolute atomic E-state index is 12.9. The Morgan fingerprint density at radius 2 is 1.74 bits per heavy atom. The normalized spacial score (nSPS) is 10.8. The molecule has 0 N–H and O–H groups in total. The van der Waals surface area contributed by atoms with E-state index in [2.05, 4.69) is 0 Å². The third-order valence-electron chi connectivity index (χ3n) is 3.16. The number of aryl methyl sites for hydroxylation is 1. The fourth-order valence-corrected chi connectivity index (χ4v) is 2.12. The molecule has 0 atom stereocenters. The number of carbonyl (C=O) groups is 1. The third-order valence-corrected chi connectivity index (χ3v) is 3.16. The average Bonchev–Trinajstić information content (AvgIpc) is 2.77. The Hall–Kier alpha value is -2.42. The van der Waals surface area contributed by atoms with Gasteiger partial charge in [0.2, 0.25) is 5.78 Å². The van der Waals surface area contributed by atoms with E-state index in [9.17, 15) is 9.18 Å². The second-order valence-electron chi connectivity index (χ2n) is 4.39. The largest absolute Gasteiger partial charge is 0.452 e. The maximum Gasteiger partial charge on any atom is 0.228 e. The van der Waals surface area contributed by atoms with E-state index in [1.807, 2.05) is 31.2 Å². The molecule has 2 aromatic carbocycles. The summed E-state index contributed by atoms with van der Waals surface area (Å²) in [7, 11) is 0. The molecule has 0 fully saturated rings. The third kappa shape index (κ3) is 1.93. The topological polar surface area (TPSA) is 30.2 Å². The lowest BCUT2D eigenvalue weighted by Crippen LogP contribution is -2.01. The molecule has 2 nitrogen and oxygen atoms in total. The van der Waals surface area contributed by atoms with Crippen molar-refractivity contribution in [2.24, 2.45) is 0 Å². The smallest absolute Gasteiger partial charge is 0.228 e. The van der Waals surface area contributed by atoms with Crippen molar-refractivity contribution >= 4 is 16.8 Å². The monoisotopic (exact) mass is 254 g/mol. The first-order valence-corrected chi connectivity index (χ1v) is 5.95. The molecular formula is C16H11FO2. The van der Waals surface area contributed by atoms with Gasteiger partial charge in [-0.15, -0.1) is 0 Å². The van der Waals surface area contributed by atoms with Crippen molar-refractivity contribution in [2.75, 3.05) is 0 Å². The maximum atomic E-state index is 12.9. The predicted molar refractivity (Wildman–Crippen MR) is 70.8 cm³/mol. The summed E-state index contributed by atoms with van der Waals surface area (Å²) >= 11 is 0. The number of hydrogen-bond donors (Lipinski definition) is 0. The first-order valence-electron chi connectivity index (χ1n) is 5.95. The summed E-state index contributed by atoms with van der Waals surface area (Å²) in [4.78, 5) is 12.3. The number of halogens is 1. The van der Waals surface area contributed by atoms with E-state index >= 15 is 0 Å². The van der Waals surface area contributed by atoms with Crippen molar-refractivity contribution in [2.45, 2.75) is 6.92 Å². The van der Waals surface area contributed by atoms with E-state index < -0.39 is 0 Å². The number of benzene rings is 2.